The lowest BCUT2D eigenvalue weighted by Crippen LogP contribution is -2.14. The Kier molecular flexibility index (Phi) is 2.94. The third-order valence-electron chi connectivity index (χ3n) is 2.98. The number of hydrogen-bond donors (Lipinski definition) is 1. The SMILES string of the molecule is N/N=C(/Cn1nnc2ccccc21)c1ccccc1. The van der Waals surface area contributed by atoms with Gasteiger partial charge in [-0.05, 0) is 17.7 Å². The van der Waals surface area contributed by atoms with Crippen LogP contribution in [-0.2, 0) is 6.54 Å². The maximum atomic E-state index is 5.49. The van der Waals surface area contributed by atoms with Crippen molar-refractivity contribution >= 4 is 16.7 Å². The number of hydrazone groups is 1. The topological polar surface area (TPSA) is 69.1 Å². The largest absolute Gasteiger partial charge is 0.323 e. The summed E-state index contributed by atoms with van der Waals surface area (Å²) < 4.78 is 1.80. The molecule has 0 bridgehead atoms. The van der Waals surface area contributed by atoms with Crippen molar-refractivity contribution in [1.82, 2.24) is 15.0 Å². The van der Waals surface area contributed by atoms with Gasteiger partial charge in [0.05, 0.1) is 17.8 Å². The molecule has 0 radical (unpaired) electrons. The zero-order valence-corrected chi connectivity index (χ0v) is 10.3. The maximum absolute atomic E-state index is 5.49. The van der Waals surface area contributed by atoms with Crippen molar-refractivity contribution in [2.24, 2.45) is 10.9 Å². The average molecular weight is 251 g/mol. The molecule has 2 N–H and O–H groups in total. The molecule has 1 aromatic heterocycles. The van der Waals surface area contributed by atoms with Crippen LogP contribution in [0.3, 0.4) is 0 Å². The highest BCUT2D eigenvalue weighted by atomic mass is 15.4. The molecule has 3 aromatic rings. The lowest BCUT2D eigenvalue weighted by atomic mass is 10.1. The van der Waals surface area contributed by atoms with E-state index >= 15 is 0 Å². The second kappa shape index (κ2) is 4.89. The minimum atomic E-state index is 0.501. The van der Waals surface area contributed by atoms with Gasteiger partial charge in [-0.15, -0.1) is 5.10 Å². The maximum Gasteiger partial charge on any atom is 0.113 e. The van der Waals surface area contributed by atoms with Crippen molar-refractivity contribution in [3.8, 4) is 0 Å². The van der Waals surface area contributed by atoms with E-state index < -0.39 is 0 Å². The molecule has 94 valence electrons. The third-order valence-corrected chi connectivity index (χ3v) is 2.98. The van der Waals surface area contributed by atoms with E-state index in [1.54, 1.807) is 4.68 Å². The first-order valence-corrected chi connectivity index (χ1v) is 5.99. The molecule has 0 aliphatic heterocycles. The quantitative estimate of drug-likeness (QED) is 0.438. The van der Waals surface area contributed by atoms with Gasteiger partial charge in [0.2, 0.25) is 0 Å². The van der Waals surface area contributed by atoms with Crippen LogP contribution in [0.1, 0.15) is 5.56 Å². The van der Waals surface area contributed by atoms with Gasteiger partial charge in [-0.25, -0.2) is 4.68 Å². The van der Waals surface area contributed by atoms with E-state index in [1.807, 2.05) is 54.6 Å². The first-order chi connectivity index (χ1) is 9.38. The minimum absolute atomic E-state index is 0.501. The summed E-state index contributed by atoms with van der Waals surface area (Å²) >= 11 is 0. The summed E-state index contributed by atoms with van der Waals surface area (Å²) in [6, 6.07) is 17.6. The van der Waals surface area contributed by atoms with E-state index in [0.717, 1.165) is 22.3 Å². The third kappa shape index (κ3) is 2.18. The molecule has 0 saturated carbocycles. The molecule has 0 atom stereocenters. The van der Waals surface area contributed by atoms with Crippen molar-refractivity contribution in [1.29, 1.82) is 0 Å². The average Bonchev–Trinajstić information content (AvgIpc) is 2.89. The van der Waals surface area contributed by atoms with Gasteiger partial charge in [0, 0.05) is 0 Å². The molecule has 0 fully saturated rings. The smallest absolute Gasteiger partial charge is 0.113 e. The Morgan fingerprint density at radius 2 is 1.79 bits per heavy atom. The van der Waals surface area contributed by atoms with Crippen LogP contribution in [-0.4, -0.2) is 20.7 Å². The van der Waals surface area contributed by atoms with Gasteiger partial charge in [-0.2, -0.15) is 5.10 Å². The standard InChI is InChI=1S/C14H13N5/c15-16-13(11-6-2-1-3-7-11)10-19-14-9-5-4-8-12(14)17-18-19/h1-9H,10,15H2/b16-13-. The highest BCUT2D eigenvalue weighted by Crippen LogP contribution is 2.11. The monoisotopic (exact) mass is 251 g/mol. The van der Waals surface area contributed by atoms with Crippen molar-refractivity contribution < 1.29 is 0 Å². The van der Waals surface area contributed by atoms with E-state index in [4.69, 9.17) is 5.84 Å². The summed E-state index contributed by atoms with van der Waals surface area (Å²) in [6.45, 7) is 0.501. The van der Waals surface area contributed by atoms with Crippen LogP contribution in [0, 0.1) is 0 Å². The highest BCUT2D eigenvalue weighted by Gasteiger charge is 2.08. The van der Waals surface area contributed by atoms with Crippen molar-refractivity contribution in [3.05, 3.63) is 60.2 Å². The van der Waals surface area contributed by atoms with Crippen LogP contribution >= 0.6 is 0 Å². The summed E-state index contributed by atoms with van der Waals surface area (Å²) in [7, 11) is 0. The molecule has 0 amide bonds. The van der Waals surface area contributed by atoms with Crippen LogP contribution in [0.5, 0.6) is 0 Å². The van der Waals surface area contributed by atoms with E-state index in [0.29, 0.717) is 6.54 Å². The molecular weight excluding hydrogens is 238 g/mol. The van der Waals surface area contributed by atoms with Crippen LogP contribution in [0.15, 0.2) is 59.7 Å². The molecule has 19 heavy (non-hydrogen) atoms. The Bertz CT molecular complexity index is 715. The van der Waals surface area contributed by atoms with E-state index in [-0.39, 0.29) is 0 Å². The molecule has 2 aromatic carbocycles. The molecule has 0 aliphatic carbocycles. The fourth-order valence-corrected chi connectivity index (χ4v) is 2.01. The van der Waals surface area contributed by atoms with Crippen LogP contribution in [0.4, 0.5) is 0 Å². The van der Waals surface area contributed by atoms with Gasteiger partial charge in [-0.3, -0.25) is 0 Å². The first-order valence-electron chi connectivity index (χ1n) is 5.99. The number of nitrogens with two attached hydrogens (primary N) is 1. The van der Waals surface area contributed by atoms with Crippen LogP contribution in [0.2, 0.25) is 0 Å². The first kappa shape index (κ1) is 11.4. The number of benzene rings is 2. The lowest BCUT2D eigenvalue weighted by molar-refractivity contribution is 0.699. The predicted octanol–water partition coefficient (Wildman–Crippen LogP) is 1.79. The Morgan fingerprint density at radius 1 is 1.05 bits per heavy atom. The summed E-state index contributed by atoms with van der Waals surface area (Å²) in [5.74, 6) is 5.49. The Hall–Kier alpha value is -2.69. The van der Waals surface area contributed by atoms with Crippen molar-refractivity contribution in [2.45, 2.75) is 6.54 Å². The molecule has 1 heterocycles. The van der Waals surface area contributed by atoms with Gasteiger partial charge >= 0.3 is 0 Å². The molecule has 0 aliphatic rings. The molecule has 5 nitrogen and oxygen atoms in total. The number of rotatable bonds is 3. The predicted molar refractivity (Wildman–Crippen MR) is 74.7 cm³/mol. The second-order valence-corrected chi connectivity index (χ2v) is 4.18. The van der Waals surface area contributed by atoms with Crippen molar-refractivity contribution in [2.75, 3.05) is 0 Å². The number of nitrogens with zero attached hydrogens (tertiary/aromatic N) is 4. The zero-order valence-electron chi connectivity index (χ0n) is 10.3. The van der Waals surface area contributed by atoms with Gasteiger partial charge < -0.3 is 5.84 Å². The van der Waals surface area contributed by atoms with E-state index in [1.165, 1.54) is 0 Å². The van der Waals surface area contributed by atoms with Gasteiger partial charge in [0.15, 0.2) is 0 Å². The zero-order chi connectivity index (χ0) is 13.1. The van der Waals surface area contributed by atoms with E-state index in [9.17, 15) is 0 Å². The Balaban J connectivity index is 1.96. The summed E-state index contributed by atoms with van der Waals surface area (Å²) in [4.78, 5) is 0. The van der Waals surface area contributed by atoms with Gasteiger partial charge in [-0.1, -0.05) is 47.7 Å². The fraction of sp³-hybridized carbons (Fsp3) is 0.0714. The number of aromatic nitrogens is 3. The lowest BCUT2D eigenvalue weighted by Gasteiger charge is -2.05. The summed E-state index contributed by atoms with van der Waals surface area (Å²) in [5.41, 5.74) is 3.60. The van der Waals surface area contributed by atoms with Gasteiger partial charge in [0.1, 0.15) is 5.52 Å². The highest BCUT2D eigenvalue weighted by molar-refractivity contribution is 6.00. The summed E-state index contributed by atoms with van der Waals surface area (Å²) in [6.07, 6.45) is 0. The Morgan fingerprint density at radius 3 is 2.58 bits per heavy atom. The van der Waals surface area contributed by atoms with E-state index in [2.05, 4.69) is 15.4 Å². The van der Waals surface area contributed by atoms with Crippen LogP contribution in [0.25, 0.3) is 11.0 Å². The molecule has 0 spiro atoms. The number of hydrogen-bond acceptors (Lipinski definition) is 4. The molecular formula is C14H13N5. The van der Waals surface area contributed by atoms with Gasteiger partial charge in [0.25, 0.3) is 0 Å². The molecule has 0 saturated heterocycles. The van der Waals surface area contributed by atoms with Crippen LogP contribution < -0.4 is 5.84 Å². The molecule has 5 heteroatoms. The Labute approximate surface area is 110 Å². The number of fused-ring (bicyclic) bond motifs is 1. The fourth-order valence-electron chi connectivity index (χ4n) is 2.01. The minimum Gasteiger partial charge on any atom is -0.323 e. The number of para-hydroxylation sites is 1. The molecule has 3 rings (SSSR count). The normalized spacial score (nSPS) is 11.9. The second-order valence-electron chi connectivity index (χ2n) is 4.18. The molecule has 0 unspecified atom stereocenters. The van der Waals surface area contributed by atoms with Crippen molar-refractivity contribution in [3.63, 3.8) is 0 Å². The summed E-state index contributed by atoms with van der Waals surface area (Å²) in [5, 5.41) is 12.1.